The van der Waals surface area contributed by atoms with Crippen LogP contribution in [-0.4, -0.2) is 19.2 Å². The van der Waals surface area contributed by atoms with Crippen LogP contribution in [0, 0.1) is 12.7 Å². The molecule has 1 aliphatic heterocycles. The molecule has 110 valence electrons. The summed E-state index contributed by atoms with van der Waals surface area (Å²) >= 11 is 6.31. The highest BCUT2D eigenvalue weighted by Gasteiger charge is 2.24. The molecule has 0 unspecified atom stereocenters. The van der Waals surface area contributed by atoms with Gasteiger partial charge in [-0.1, -0.05) is 23.7 Å². The molecule has 0 bridgehead atoms. The Balaban J connectivity index is 2.21. The second kappa shape index (κ2) is 5.54. The third kappa shape index (κ3) is 2.57. The fraction of sp³-hybridized carbons (Fsp3) is 0.250. The van der Waals surface area contributed by atoms with Gasteiger partial charge in [0.15, 0.2) is 5.75 Å². The van der Waals surface area contributed by atoms with Crippen molar-refractivity contribution in [3.8, 4) is 16.9 Å². The summed E-state index contributed by atoms with van der Waals surface area (Å²) in [4.78, 5) is 0. The molecule has 0 aliphatic carbocycles. The summed E-state index contributed by atoms with van der Waals surface area (Å²) in [6, 6.07) is 8.48. The number of aryl methyl sites for hydroxylation is 1. The van der Waals surface area contributed by atoms with Crippen LogP contribution in [0.4, 0.5) is 10.1 Å². The van der Waals surface area contributed by atoms with Gasteiger partial charge in [0.25, 0.3) is 0 Å². The highest BCUT2D eigenvalue weighted by molar-refractivity contribution is 6.33. The first kappa shape index (κ1) is 14.2. The maximum absolute atomic E-state index is 13.9. The van der Waals surface area contributed by atoms with Gasteiger partial charge in [-0.3, -0.25) is 0 Å². The predicted molar refractivity (Wildman–Crippen MR) is 83.5 cm³/mol. The largest absolute Gasteiger partial charge is 0.484 e. The van der Waals surface area contributed by atoms with Crippen LogP contribution >= 0.6 is 11.6 Å². The third-order valence-corrected chi connectivity index (χ3v) is 3.93. The standard InChI is InChI=1S/C16H16ClFN2O/c1-9-3-2-4-13(17)15(9)12-5-10(18)6-14-16(12)21-11(7-19)8-20-14/h2-6,11,20H,7-8,19H2,1H3/t11-/m1/s1. The summed E-state index contributed by atoms with van der Waals surface area (Å²) in [6.45, 7) is 2.90. The van der Waals surface area contributed by atoms with Crippen LogP contribution in [0.15, 0.2) is 30.3 Å². The van der Waals surface area contributed by atoms with Crippen molar-refractivity contribution in [1.29, 1.82) is 0 Å². The zero-order chi connectivity index (χ0) is 15.0. The average Bonchev–Trinajstić information content (AvgIpc) is 2.46. The quantitative estimate of drug-likeness (QED) is 0.891. The lowest BCUT2D eigenvalue weighted by Crippen LogP contribution is -2.37. The molecule has 1 atom stereocenters. The van der Waals surface area contributed by atoms with Crippen LogP contribution in [0.25, 0.3) is 11.1 Å². The molecular weight excluding hydrogens is 291 g/mol. The Hall–Kier alpha value is -1.78. The molecule has 1 heterocycles. The Kier molecular flexibility index (Phi) is 3.74. The summed E-state index contributed by atoms with van der Waals surface area (Å²) in [5.74, 6) is 0.277. The molecule has 1 aliphatic rings. The maximum Gasteiger partial charge on any atom is 0.151 e. The molecular formula is C16H16ClFN2O. The van der Waals surface area contributed by atoms with Crippen molar-refractivity contribution in [2.45, 2.75) is 13.0 Å². The van der Waals surface area contributed by atoms with Crippen LogP contribution in [0.1, 0.15) is 5.56 Å². The normalized spacial score (nSPS) is 16.9. The van der Waals surface area contributed by atoms with Crippen LogP contribution in [0.3, 0.4) is 0 Å². The van der Waals surface area contributed by atoms with Crippen LogP contribution < -0.4 is 15.8 Å². The van der Waals surface area contributed by atoms with Gasteiger partial charge in [0.1, 0.15) is 11.9 Å². The second-order valence-corrected chi connectivity index (χ2v) is 5.53. The summed E-state index contributed by atoms with van der Waals surface area (Å²) in [5.41, 5.74) is 8.71. The van der Waals surface area contributed by atoms with E-state index < -0.39 is 0 Å². The predicted octanol–water partition coefficient (Wildman–Crippen LogP) is 3.59. The van der Waals surface area contributed by atoms with Gasteiger partial charge in [-0.2, -0.15) is 0 Å². The molecule has 5 heteroatoms. The van der Waals surface area contributed by atoms with Crippen molar-refractivity contribution in [1.82, 2.24) is 0 Å². The second-order valence-electron chi connectivity index (χ2n) is 5.12. The third-order valence-electron chi connectivity index (χ3n) is 3.61. The molecule has 3 N–H and O–H groups in total. The van der Waals surface area contributed by atoms with Crippen molar-refractivity contribution in [2.75, 3.05) is 18.4 Å². The van der Waals surface area contributed by atoms with Crippen molar-refractivity contribution >= 4 is 17.3 Å². The van der Waals surface area contributed by atoms with Crippen molar-refractivity contribution in [3.05, 3.63) is 46.7 Å². The van der Waals surface area contributed by atoms with E-state index in [4.69, 9.17) is 22.1 Å². The molecule has 0 amide bonds. The van der Waals surface area contributed by atoms with Gasteiger partial charge in [0.2, 0.25) is 0 Å². The lowest BCUT2D eigenvalue weighted by atomic mass is 9.98. The van der Waals surface area contributed by atoms with Gasteiger partial charge in [0, 0.05) is 28.8 Å². The number of nitrogens with two attached hydrogens (primary N) is 1. The molecule has 21 heavy (non-hydrogen) atoms. The minimum Gasteiger partial charge on any atom is -0.484 e. The first-order valence-electron chi connectivity index (χ1n) is 6.79. The maximum atomic E-state index is 13.9. The Morgan fingerprint density at radius 1 is 1.43 bits per heavy atom. The molecule has 3 nitrogen and oxygen atoms in total. The minimum absolute atomic E-state index is 0.135. The molecule has 2 aromatic carbocycles. The zero-order valence-corrected chi connectivity index (χ0v) is 12.4. The highest BCUT2D eigenvalue weighted by atomic mass is 35.5. The molecule has 0 spiro atoms. The lowest BCUT2D eigenvalue weighted by molar-refractivity contribution is 0.215. The van der Waals surface area contributed by atoms with Crippen molar-refractivity contribution in [3.63, 3.8) is 0 Å². The first-order chi connectivity index (χ1) is 10.1. The number of rotatable bonds is 2. The van der Waals surface area contributed by atoms with Crippen molar-refractivity contribution in [2.24, 2.45) is 5.73 Å². The van der Waals surface area contributed by atoms with Crippen LogP contribution in [0.5, 0.6) is 5.75 Å². The summed E-state index contributed by atoms with van der Waals surface area (Å²) in [6.07, 6.45) is -0.135. The first-order valence-corrected chi connectivity index (χ1v) is 7.17. The average molecular weight is 307 g/mol. The monoisotopic (exact) mass is 306 g/mol. The molecule has 0 saturated carbocycles. The van der Waals surface area contributed by atoms with Gasteiger partial charge in [-0.05, 0) is 24.6 Å². The molecule has 0 aromatic heterocycles. The summed E-state index contributed by atoms with van der Waals surface area (Å²) in [7, 11) is 0. The number of fused-ring (bicyclic) bond motifs is 1. The van der Waals surface area contributed by atoms with E-state index in [1.807, 2.05) is 19.1 Å². The molecule has 0 fully saturated rings. The zero-order valence-electron chi connectivity index (χ0n) is 11.6. The Bertz CT molecular complexity index is 670. The van der Waals surface area contributed by atoms with Gasteiger partial charge in [-0.15, -0.1) is 0 Å². The smallest absolute Gasteiger partial charge is 0.151 e. The van der Waals surface area contributed by atoms with E-state index in [0.717, 1.165) is 11.1 Å². The van der Waals surface area contributed by atoms with E-state index in [9.17, 15) is 4.39 Å². The van der Waals surface area contributed by atoms with Gasteiger partial charge in [-0.25, -0.2) is 4.39 Å². The Morgan fingerprint density at radius 2 is 2.24 bits per heavy atom. The fourth-order valence-corrected chi connectivity index (χ4v) is 2.90. The Labute approximate surface area is 127 Å². The molecule has 0 radical (unpaired) electrons. The number of hydrogen-bond donors (Lipinski definition) is 2. The number of benzene rings is 2. The number of anilines is 1. The topological polar surface area (TPSA) is 47.3 Å². The minimum atomic E-state index is -0.328. The van der Waals surface area contributed by atoms with Crippen LogP contribution in [0.2, 0.25) is 5.02 Å². The van der Waals surface area contributed by atoms with Gasteiger partial charge < -0.3 is 15.8 Å². The van der Waals surface area contributed by atoms with Gasteiger partial charge >= 0.3 is 0 Å². The van der Waals surface area contributed by atoms with E-state index in [1.54, 1.807) is 6.07 Å². The van der Waals surface area contributed by atoms with E-state index in [2.05, 4.69) is 5.32 Å². The van der Waals surface area contributed by atoms with Gasteiger partial charge in [0.05, 0.1) is 12.2 Å². The number of nitrogens with one attached hydrogen (secondary N) is 1. The number of ether oxygens (including phenoxy) is 1. The van der Waals surface area contributed by atoms with Crippen LogP contribution in [-0.2, 0) is 0 Å². The van der Waals surface area contributed by atoms with E-state index in [-0.39, 0.29) is 11.9 Å². The van der Waals surface area contributed by atoms with E-state index in [1.165, 1.54) is 12.1 Å². The molecule has 0 saturated heterocycles. The number of halogens is 2. The molecule has 2 aromatic rings. The fourth-order valence-electron chi connectivity index (χ4n) is 2.57. The highest BCUT2D eigenvalue weighted by Crippen LogP contribution is 2.43. The Morgan fingerprint density at radius 3 is 2.95 bits per heavy atom. The lowest BCUT2D eigenvalue weighted by Gasteiger charge is -2.29. The summed E-state index contributed by atoms with van der Waals surface area (Å²) < 4.78 is 19.8. The van der Waals surface area contributed by atoms with E-state index in [0.29, 0.717) is 35.1 Å². The van der Waals surface area contributed by atoms with E-state index >= 15 is 0 Å². The van der Waals surface area contributed by atoms with Crippen molar-refractivity contribution < 1.29 is 9.13 Å². The summed E-state index contributed by atoms with van der Waals surface area (Å²) in [5, 5.41) is 3.74. The SMILES string of the molecule is Cc1cccc(Cl)c1-c1cc(F)cc2c1O[C@H](CN)CN2. The number of hydrogen-bond acceptors (Lipinski definition) is 3. The molecule has 3 rings (SSSR count).